The molecule has 2 aromatic heterocycles. The Morgan fingerprint density at radius 2 is 1.27 bits per heavy atom. The number of nitrogens with one attached hydrogen (secondary N) is 7. The van der Waals surface area contributed by atoms with Crippen LogP contribution in [-0.4, -0.2) is 167 Å². The minimum absolute atomic E-state index is 0.0165. The third-order valence-electron chi connectivity index (χ3n) is 15.6. The number of rotatable bonds is 47. The number of pyridine rings is 1. The number of ether oxygens (including phenoxy) is 5. The molecule has 2 atom stereocenters. The summed E-state index contributed by atoms with van der Waals surface area (Å²) in [5.41, 5.74) is 0.943. The van der Waals surface area contributed by atoms with Crippen molar-refractivity contribution in [1.29, 1.82) is 0 Å². The fourth-order valence-electron chi connectivity index (χ4n) is 10.7. The summed E-state index contributed by atoms with van der Waals surface area (Å²) >= 11 is 0. The molecule has 25 nitrogen and oxygen atoms in total. The summed E-state index contributed by atoms with van der Waals surface area (Å²) < 4.78 is 31.5. The van der Waals surface area contributed by atoms with Gasteiger partial charge in [-0.15, -0.1) is 5.10 Å². The third-order valence-corrected chi connectivity index (χ3v) is 15.6. The van der Waals surface area contributed by atoms with Gasteiger partial charge in [-0.1, -0.05) is 59.8 Å². The molecule has 0 aliphatic heterocycles. The molecular formula is C71H103N11O14. The fraction of sp³-hybridized carbons (Fsp3) is 0.563. The number of carboxylic acid groups (broad SMARTS) is 1. The third kappa shape index (κ3) is 29.7. The van der Waals surface area contributed by atoms with Crippen molar-refractivity contribution in [2.75, 3.05) is 77.8 Å². The summed E-state index contributed by atoms with van der Waals surface area (Å²) in [6.45, 7) is 22.2. The van der Waals surface area contributed by atoms with Crippen molar-refractivity contribution in [3.63, 3.8) is 0 Å². The Balaban J connectivity index is 1.03. The van der Waals surface area contributed by atoms with Gasteiger partial charge in [-0.2, -0.15) is 0 Å². The number of ketones is 1. The molecule has 2 heterocycles. The Hall–Kier alpha value is -8.39. The van der Waals surface area contributed by atoms with E-state index in [1.807, 2.05) is 129 Å². The molecule has 1 unspecified atom stereocenters. The number of fused-ring (bicyclic) bond motifs is 1. The number of carbonyl (C=O) groups is 8. The van der Waals surface area contributed by atoms with Crippen molar-refractivity contribution in [3.8, 4) is 16.9 Å². The maximum Gasteiger partial charge on any atom is 0.305 e. The number of hydrogen-bond acceptors (Lipinski definition) is 17. The lowest BCUT2D eigenvalue weighted by Crippen LogP contribution is -2.53. The molecule has 0 aliphatic carbocycles. The van der Waals surface area contributed by atoms with E-state index in [2.05, 4.69) is 52.5 Å². The zero-order chi connectivity index (χ0) is 70.2. The van der Waals surface area contributed by atoms with E-state index in [1.165, 1.54) is 6.92 Å². The van der Waals surface area contributed by atoms with Gasteiger partial charge >= 0.3 is 5.97 Å². The quantitative estimate of drug-likeness (QED) is 0.0172. The standard InChI is InChI=1S/C71H103N11O14/c1-11-72-62(85)28-32-71(79-63(86)20-15-17-51(4)83,33-29-64(87)77-68(5,6)48-92-12-2)34-30-65(88)78-69(7,8)49-96-70(9,10)45-54-47-82(81-80-54)37-38-93-39-40-94-41-42-95-59-27-26-55(56-18-13-14-19-57(56)59)52-22-24-53(25-23-52)58(44-67(90)91)76-66(89)46-75-61(84)21-16-35-73-60-43-50(3)31-36-74-60/h13-14,18-19,22-27,31,36,43,47,58H,11-12,15-17,20-21,28-30,32-35,37-42,44-46,48-49H2,1-10H3,(H,72,85)(H,73,74)(H,75,84)(H,76,89)(H,77,87)(H,78,88)(H,79,86)(H,90,91)/t58-,71?/m0/s1. The number of nitrogens with zero attached hydrogens (tertiary/aromatic N) is 4. The molecule has 8 N–H and O–H groups in total. The van der Waals surface area contributed by atoms with E-state index in [1.54, 1.807) is 23.0 Å². The number of carbonyl (C=O) groups excluding carboxylic acids is 7. The lowest BCUT2D eigenvalue weighted by Gasteiger charge is -2.36. The van der Waals surface area contributed by atoms with Gasteiger partial charge in [-0.05, 0) is 147 Å². The first kappa shape index (κ1) is 78.3. The van der Waals surface area contributed by atoms with Gasteiger partial charge in [0, 0.05) is 88.0 Å². The first-order valence-electron chi connectivity index (χ1n) is 33.3. The normalized spacial score (nSPS) is 12.6. The van der Waals surface area contributed by atoms with Gasteiger partial charge in [-0.3, -0.25) is 33.6 Å². The second-order valence-electron chi connectivity index (χ2n) is 26.1. The number of aromatic nitrogens is 4. The predicted molar refractivity (Wildman–Crippen MR) is 366 cm³/mol. The van der Waals surface area contributed by atoms with Gasteiger partial charge in [0.05, 0.1) is 87.6 Å². The smallest absolute Gasteiger partial charge is 0.305 e. The molecule has 0 saturated carbocycles. The first-order chi connectivity index (χ1) is 45.7. The van der Waals surface area contributed by atoms with Crippen molar-refractivity contribution < 1.29 is 67.1 Å². The van der Waals surface area contributed by atoms with E-state index in [0.717, 1.165) is 33.3 Å². The Bertz CT molecular complexity index is 3320. The molecule has 25 heteroatoms. The van der Waals surface area contributed by atoms with E-state index in [9.17, 15) is 43.5 Å². The Labute approximate surface area is 564 Å². The van der Waals surface area contributed by atoms with Crippen LogP contribution in [0.5, 0.6) is 5.75 Å². The van der Waals surface area contributed by atoms with Crippen LogP contribution in [0.1, 0.15) is 162 Å². The number of anilines is 1. The topological polar surface area (TPSA) is 331 Å². The lowest BCUT2D eigenvalue weighted by atomic mass is 9.82. The summed E-state index contributed by atoms with van der Waals surface area (Å²) in [6.07, 6.45) is 5.57. The summed E-state index contributed by atoms with van der Waals surface area (Å²) in [6, 6.07) is 22.1. The van der Waals surface area contributed by atoms with Crippen molar-refractivity contribution >= 4 is 63.8 Å². The largest absolute Gasteiger partial charge is 0.491 e. The molecule has 0 fully saturated rings. The maximum absolute atomic E-state index is 13.8. The van der Waals surface area contributed by atoms with E-state index in [0.29, 0.717) is 102 Å². The van der Waals surface area contributed by atoms with Crippen LogP contribution < -0.4 is 42.0 Å². The van der Waals surface area contributed by atoms with Crippen LogP contribution in [0, 0.1) is 6.92 Å². The number of aliphatic carboxylic acids is 1. The Kier molecular flexibility index (Phi) is 32.3. The molecule has 5 aromatic rings. The SMILES string of the molecule is CCNC(=O)CCC(CCC(=O)NC(C)(C)COCC)(CCC(=O)NC(C)(C)COC(C)(C)Cc1cn(CCOCCOCCOc2ccc(-c3ccc([C@H](CC(=O)O)NC(=O)CNC(=O)CCCNc4cc(C)ccn4)cc3)c3ccccc23)nn1)NC(=O)CCCC(C)=O. The van der Waals surface area contributed by atoms with Gasteiger partial charge in [0.2, 0.25) is 35.4 Å². The van der Waals surface area contributed by atoms with Crippen LogP contribution in [0.4, 0.5) is 5.82 Å². The highest BCUT2D eigenvalue weighted by Gasteiger charge is 2.36. The van der Waals surface area contributed by atoms with Gasteiger partial charge in [0.15, 0.2) is 0 Å². The minimum atomic E-state index is -1.09. The fourth-order valence-corrected chi connectivity index (χ4v) is 10.7. The molecule has 0 radical (unpaired) electrons. The van der Waals surface area contributed by atoms with Crippen molar-refractivity contribution in [2.24, 2.45) is 0 Å². The molecule has 0 aliphatic rings. The summed E-state index contributed by atoms with van der Waals surface area (Å²) in [5.74, 6) is -1.60. The molecule has 0 spiro atoms. The lowest BCUT2D eigenvalue weighted by molar-refractivity contribution is -0.138. The molecule has 6 amide bonds. The molecule has 526 valence electrons. The van der Waals surface area contributed by atoms with Crippen LogP contribution >= 0.6 is 0 Å². The number of hydrogen-bond donors (Lipinski definition) is 8. The maximum atomic E-state index is 13.8. The van der Waals surface area contributed by atoms with Crippen molar-refractivity contribution in [1.82, 2.24) is 51.9 Å². The zero-order valence-electron chi connectivity index (χ0n) is 57.9. The number of amides is 6. The average molecular weight is 1330 g/mol. The van der Waals surface area contributed by atoms with Gasteiger partial charge in [0.1, 0.15) is 24.0 Å². The summed E-state index contributed by atoms with van der Waals surface area (Å²) in [4.78, 5) is 107. The second kappa shape index (κ2) is 39.6. The van der Waals surface area contributed by atoms with E-state index in [4.69, 9.17) is 23.7 Å². The van der Waals surface area contributed by atoms with Crippen LogP contribution in [0.25, 0.3) is 21.9 Å². The van der Waals surface area contributed by atoms with E-state index >= 15 is 0 Å². The van der Waals surface area contributed by atoms with Crippen LogP contribution in [0.15, 0.2) is 85.2 Å². The number of carboxylic acids is 1. The number of Topliss-reactive ketones (excluding diaryl/α,β-unsaturated/α-hetero) is 1. The first-order valence-corrected chi connectivity index (χ1v) is 33.3. The van der Waals surface area contributed by atoms with Crippen LogP contribution in [0.2, 0.25) is 0 Å². The van der Waals surface area contributed by atoms with E-state index in [-0.39, 0.29) is 113 Å². The van der Waals surface area contributed by atoms with E-state index < -0.39 is 40.1 Å². The molecule has 5 rings (SSSR count). The summed E-state index contributed by atoms with van der Waals surface area (Å²) in [7, 11) is 0. The molecule has 0 bridgehead atoms. The molecule has 96 heavy (non-hydrogen) atoms. The highest BCUT2D eigenvalue weighted by molar-refractivity contribution is 6.00. The Morgan fingerprint density at radius 3 is 1.93 bits per heavy atom. The summed E-state index contributed by atoms with van der Waals surface area (Å²) in [5, 5.41) is 40.8. The van der Waals surface area contributed by atoms with Gasteiger partial charge in [-0.25, -0.2) is 9.67 Å². The average Bonchev–Trinajstić information content (AvgIpc) is 0.974. The van der Waals surface area contributed by atoms with Crippen molar-refractivity contribution in [2.45, 2.75) is 188 Å². The van der Waals surface area contributed by atoms with Crippen LogP contribution in [0.3, 0.4) is 0 Å². The van der Waals surface area contributed by atoms with Crippen LogP contribution in [-0.2, 0) is 70.3 Å². The highest BCUT2D eigenvalue weighted by atomic mass is 16.5. The highest BCUT2D eigenvalue weighted by Crippen LogP contribution is 2.36. The van der Waals surface area contributed by atoms with Crippen molar-refractivity contribution in [3.05, 3.63) is 102 Å². The minimum Gasteiger partial charge on any atom is -0.491 e. The predicted octanol–water partition coefficient (Wildman–Crippen LogP) is 7.81. The molecule has 3 aromatic carbocycles. The molecular weight excluding hydrogens is 1230 g/mol. The van der Waals surface area contributed by atoms with Gasteiger partial charge < -0.3 is 70.8 Å². The Morgan fingerprint density at radius 1 is 0.646 bits per heavy atom. The number of benzene rings is 3. The monoisotopic (exact) mass is 1330 g/mol. The van der Waals surface area contributed by atoms with Gasteiger partial charge in [0.25, 0.3) is 0 Å². The molecule has 0 saturated heterocycles. The number of aryl methyl sites for hydroxylation is 1. The second-order valence-corrected chi connectivity index (χ2v) is 26.1. The zero-order valence-corrected chi connectivity index (χ0v) is 57.9.